The Bertz CT molecular complexity index is 1040. The van der Waals surface area contributed by atoms with Crippen LogP contribution >= 0.6 is 0 Å². The van der Waals surface area contributed by atoms with Crippen LogP contribution in [0.1, 0.15) is 11.1 Å². The molecule has 0 aliphatic rings. The van der Waals surface area contributed by atoms with E-state index in [1.165, 1.54) is 0 Å². The van der Waals surface area contributed by atoms with E-state index in [0.717, 1.165) is 22.4 Å². The van der Waals surface area contributed by atoms with E-state index < -0.39 is 0 Å². The molecule has 4 rings (SSSR count). The highest BCUT2D eigenvalue weighted by atomic mass is 16.3. The molecule has 5 nitrogen and oxygen atoms in total. The number of carbonyl (C=O) groups is 1. The first-order valence-electron chi connectivity index (χ1n) is 8.35. The van der Waals surface area contributed by atoms with Crippen molar-refractivity contribution < 1.29 is 9.21 Å². The fraction of sp³-hybridized carbons (Fsp3) is 0.0952. The van der Waals surface area contributed by atoms with Gasteiger partial charge in [-0.15, -0.1) is 0 Å². The van der Waals surface area contributed by atoms with Gasteiger partial charge in [0.1, 0.15) is 0 Å². The van der Waals surface area contributed by atoms with Crippen LogP contribution in [0.2, 0.25) is 0 Å². The number of nitrogens with zero attached hydrogens (tertiary/aromatic N) is 2. The summed E-state index contributed by atoms with van der Waals surface area (Å²) in [7, 11) is 0. The number of benzene rings is 2. The summed E-state index contributed by atoms with van der Waals surface area (Å²) in [6, 6.07) is 19.0. The minimum atomic E-state index is -0.0434. The number of hydrogen-bond donors (Lipinski definition) is 1. The summed E-state index contributed by atoms with van der Waals surface area (Å²) in [5.41, 5.74) is 4.80. The molecule has 5 heteroatoms. The number of nitrogens with one attached hydrogen (secondary N) is 1. The van der Waals surface area contributed by atoms with Gasteiger partial charge in [-0.2, -0.15) is 4.98 Å². The summed E-state index contributed by atoms with van der Waals surface area (Å²) >= 11 is 0. The Balaban J connectivity index is 1.53. The topological polar surface area (TPSA) is 68.0 Å². The van der Waals surface area contributed by atoms with Crippen molar-refractivity contribution in [2.24, 2.45) is 0 Å². The Morgan fingerprint density at radius 2 is 1.92 bits per heavy atom. The van der Waals surface area contributed by atoms with Crippen LogP contribution in [0.25, 0.3) is 22.7 Å². The third-order valence-corrected chi connectivity index (χ3v) is 4.12. The van der Waals surface area contributed by atoms with Crippen molar-refractivity contribution in [3.05, 3.63) is 78.0 Å². The number of aromatic nitrogens is 2. The van der Waals surface area contributed by atoms with Crippen LogP contribution in [-0.4, -0.2) is 15.9 Å². The first-order chi connectivity index (χ1) is 12.7. The highest BCUT2D eigenvalue weighted by Gasteiger charge is 2.11. The number of pyridine rings is 1. The van der Waals surface area contributed by atoms with Crippen molar-refractivity contribution in [1.82, 2.24) is 9.97 Å². The van der Waals surface area contributed by atoms with Crippen LogP contribution in [0.3, 0.4) is 0 Å². The van der Waals surface area contributed by atoms with E-state index in [9.17, 15) is 4.79 Å². The molecular weight excluding hydrogens is 326 g/mol. The summed E-state index contributed by atoms with van der Waals surface area (Å²) in [5, 5.41) is 2.96. The second-order valence-corrected chi connectivity index (χ2v) is 6.08. The standard InChI is InChI=1S/C21H17N3O2/c1-14-12-16(21-24-20-18(26-21)8-5-11-22-20)9-10-17(14)23-19(25)13-15-6-3-2-4-7-15/h2-12H,13H2,1H3,(H,23,25). The molecule has 0 aliphatic heterocycles. The summed E-state index contributed by atoms with van der Waals surface area (Å²) in [6.07, 6.45) is 2.03. The molecule has 4 aromatic rings. The zero-order chi connectivity index (χ0) is 17.9. The first kappa shape index (κ1) is 16.0. The van der Waals surface area contributed by atoms with E-state index in [2.05, 4.69) is 15.3 Å². The molecule has 0 unspecified atom stereocenters. The van der Waals surface area contributed by atoms with E-state index >= 15 is 0 Å². The Kier molecular flexibility index (Phi) is 4.19. The van der Waals surface area contributed by atoms with Gasteiger partial charge in [0.25, 0.3) is 0 Å². The lowest BCUT2D eigenvalue weighted by molar-refractivity contribution is -0.115. The van der Waals surface area contributed by atoms with E-state index in [1.54, 1.807) is 6.20 Å². The Morgan fingerprint density at radius 3 is 2.69 bits per heavy atom. The van der Waals surface area contributed by atoms with Gasteiger partial charge in [-0.3, -0.25) is 4.79 Å². The Labute approximate surface area is 150 Å². The number of fused-ring (bicyclic) bond motifs is 1. The molecule has 0 fully saturated rings. The lowest BCUT2D eigenvalue weighted by Crippen LogP contribution is -2.15. The third-order valence-electron chi connectivity index (χ3n) is 4.12. The number of oxazole rings is 1. The lowest BCUT2D eigenvalue weighted by Gasteiger charge is -2.09. The largest absolute Gasteiger partial charge is 0.434 e. The van der Waals surface area contributed by atoms with Gasteiger partial charge in [0, 0.05) is 17.4 Å². The van der Waals surface area contributed by atoms with E-state index in [0.29, 0.717) is 23.5 Å². The smallest absolute Gasteiger partial charge is 0.228 e. The van der Waals surface area contributed by atoms with Gasteiger partial charge < -0.3 is 9.73 Å². The SMILES string of the molecule is Cc1cc(-c2nc3ncccc3o2)ccc1NC(=O)Cc1ccccc1. The predicted octanol–water partition coefficient (Wildman–Crippen LogP) is 4.38. The maximum atomic E-state index is 12.3. The molecule has 1 amide bonds. The van der Waals surface area contributed by atoms with Crippen LogP contribution in [0, 0.1) is 6.92 Å². The van der Waals surface area contributed by atoms with Crippen molar-refractivity contribution in [2.75, 3.05) is 5.32 Å². The number of amides is 1. The highest BCUT2D eigenvalue weighted by Crippen LogP contribution is 2.26. The average molecular weight is 343 g/mol. The maximum absolute atomic E-state index is 12.3. The van der Waals surface area contributed by atoms with Crippen LogP contribution in [0.4, 0.5) is 5.69 Å². The van der Waals surface area contributed by atoms with Crippen molar-refractivity contribution in [3.8, 4) is 11.5 Å². The molecule has 0 bridgehead atoms. The van der Waals surface area contributed by atoms with Gasteiger partial charge in [0.05, 0.1) is 6.42 Å². The van der Waals surface area contributed by atoms with Crippen molar-refractivity contribution in [1.29, 1.82) is 0 Å². The van der Waals surface area contributed by atoms with Gasteiger partial charge >= 0.3 is 0 Å². The molecule has 128 valence electrons. The highest BCUT2D eigenvalue weighted by molar-refractivity contribution is 5.93. The molecule has 0 spiro atoms. The summed E-state index contributed by atoms with van der Waals surface area (Å²) in [4.78, 5) is 20.8. The molecular formula is C21H17N3O2. The van der Waals surface area contributed by atoms with Gasteiger partial charge in [0.2, 0.25) is 11.8 Å². The fourth-order valence-corrected chi connectivity index (χ4v) is 2.81. The van der Waals surface area contributed by atoms with Crippen LogP contribution in [0.15, 0.2) is 71.3 Å². The lowest BCUT2D eigenvalue weighted by atomic mass is 10.1. The van der Waals surface area contributed by atoms with Gasteiger partial charge in [-0.1, -0.05) is 30.3 Å². The van der Waals surface area contributed by atoms with Crippen molar-refractivity contribution in [3.63, 3.8) is 0 Å². The van der Waals surface area contributed by atoms with Crippen LogP contribution in [0.5, 0.6) is 0 Å². The molecule has 1 N–H and O–H groups in total. The van der Waals surface area contributed by atoms with Crippen molar-refractivity contribution in [2.45, 2.75) is 13.3 Å². The van der Waals surface area contributed by atoms with Crippen LogP contribution in [-0.2, 0) is 11.2 Å². The minimum Gasteiger partial charge on any atom is -0.434 e. The number of carbonyl (C=O) groups excluding carboxylic acids is 1. The first-order valence-corrected chi connectivity index (χ1v) is 8.35. The maximum Gasteiger partial charge on any atom is 0.228 e. The molecule has 2 heterocycles. The second-order valence-electron chi connectivity index (χ2n) is 6.08. The molecule has 0 atom stereocenters. The van der Waals surface area contributed by atoms with Crippen molar-refractivity contribution >= 4 is 22.8 Å². The molecule has 0 aliphatic carbocycles. The number of anilines is 1. The molecule has 2 aromatic carbocycles. The average Bonchev–Trinajstić information content (AvgIpc) is 3.08. The van der Waals surface area contributed by atoms with Gasteiger partial charge in [-0.05, 0) is 48.4 Å². The molecule has 0 radical (unpaired) electrons. The monoisotopic (exact) mass is 343 g/mol. The van der Waals surface area contributed by atoms with Crippen LogP contribution < -0.4 is 5.32 Å². The van der Waals surface area contributed by atoms with E-state index in [1.807, 2.05) is 67.6 Å². The minimum absolute atomic E-state index is 0.0434. The van der Waals surface area contributed by atoms with Gasteiger partial charge in [-0.25, -0.2) is 4.98 Å². The Hall–Kier alpha value is -3.47. The zero-order valence-electron chi connectivity index (χ0n) is 14.3. The number of hydrogen-bond acceptors (Lipinski definition) is 4. The normalized spacial score (nSPS) is 10.8. The quantitative estimate of drug-likeness (QED) is 0.597. The second kappa shape index (κ2) is 6.80. The summed E-state index contributed by atoms with van der Waals surface area (Å²) < 4.78 is 5.75. The molecule has 2 aromatic heterocycles. The Morgan fingerprint density at radius 1 is 1.08 bits per heavy atom. The fourth-order valence-electron chi connectivity index (χ4n) is 2.81. The summed E-state index contributed by atoms with van der Waals surface area (Å²) in [5.74, 6) is 0.474. The molecule has 0 saturated heterocycles. The predicted molar refractivity (Wildman–Crippen MR) is 101 cm³/mol. The molecule has 0 saturated carbocycles. The molecule has 26 heavy (non-hydrogen) atoms. The van der Waals surface area contributed by atoms with E-state index in [-0.39, 0.29) is 5.91 Å². The third kappa shape index (κ3) is 3.32. The number of rotatable bonds is 4. The van der Waals surface area contributed by atoms with E-state index in [4.69, 9.17) is 4.42 Å². The zero-order valence-corrected chi connectivity index (χ0v) is 14.3. The number of aryl methyl sites for hydroxylation is 1. The summed E-state index contributed by atoms with van der Waals surface area (Å²) in [6.45, 7) is 1.95. The van der Waals surface area contributed by atoms with Gasteiger partial charge in [0.15, 0.2) is 11.2 Å².